The molecule has 0 radical (unpaired) electrons. The Kier molecular flexibility index (Phi) is 8.91. The number of nitriles is 1. The van der Waals surface area contributed by atoms with Gasteiger partial charge in [-0.1, -0.05) is 43.9 Å². The third-order valence-electron chi connectivity index (χ3n) is 8.52. The Balaban J connectivity index is 1.73. The maximum atomic E-state index is 14.1. The van der Waals surface area contributed by atoms with Gasteiger partial charge in [0.25, 0.3) is 0 Å². The Labute approximate surface area is 282 Å². The SMILES string of the molecule is Cc1nc(F)ccc1C(Nc1cc(C#CC(C)(C)S(C)(=O)=O)c2ncc(C#N)c(NCC(C)(C)C)c2c1)c1cn(C2(C(F)(F)F)CC2)nn1. The first-order valence-electron chi connectivity index (χ1n) is 15.4. The summed E-state index contributed by atoms with van der Waals surface area (Å²) in [4.78, 5) is 8.44. The number of nitrogens with one attached hydrogen (secondary N) is 2. The van der Waals surface area contributed by atoms with Gasteiger partial charge < -0.3 is 10.6 Å². The van der Waals surface area contributed by atoms with Crippen LogP contribution < -0.4 is 10.6 Å². The molecular formula is C34H36F4N8O2S. The van der Waals surface area contributed by atoms with Crippen molar-refractivity contribution in [1.82, 2.24) is 25.0 Å². The molecule has 4 aromatic rings. The van der Waals surface area contributed by atoms with E-state index in [4.69, 9.17) is 0 Å². The third-order valence-corrected chi connectivity index (χ3v) is 10.5. The fraction of sp³-hybridized carbons (Fsp3) is 0.441. The number of pyridine rings is 2. The second-order valence-corrected chi connectivity index (χ2v) is 16.6. The Morgan fingerprint density at radius 1 is 1.10 bits per heavy atom. The number of nitrogens with zero attached hydrogens (tertiary/aromatic N) is 6. The van der Waals surface area contributed by atoms with Gasteiger partial charge in [0, 0.05) is 41.3 Å². The van der Waals surface area contributed by atoms with Gasteiger partial charge in [-0.15, -0.1) is 5.10 Å². The standard InChI is InChI=1S/C34H36F4N8O2S/c1-20-24(8-9-27(35)42-20)30(26-18-46(45-44-26)33(12-13-33)34(36,37)38)43-23-14-21(10-11-32(5,6)49(7,47)48)28-25(15-23)29(22(16-39)17-40-28)41-19-31(2,3)4/h8-9,14-15,17-18,30,43H,12-13,19H2,1-7H3,(H,40,41). The fourth-order valence-corrected chi connectivity index (χ4v) is 5.36. The van der Waals surface area contributed by atoms with Crippen molar-refractivity contribution in [3.63, 3.8) is 0 Å². The van der Waals surface area contributed by atoms with E-state index >= 15 is 0 Å². The van der Waals surface area contributed by atoms with Crippen LogP contribution in [0.15, 0.2) is 36.7 Å². The van der Waals surface area contributed by atoms with Crippen molar-refractivity contribution >= 4 is 32.1 Å². The highest BCUT2D eigenvalue weighted by Gasteiger charge is 2.66. The number of rotatable bonds is 8. The van der Waals surface area contributed by atoms with Crippen molar-refractivity contribution in [2.24, 2.45) is 5.41 Å². The molecule has 10 nitrogen and oxygen atoms in total. The van der Waals surface area contributed by atoms with E-state index in [-0.39, 0.29) is 35.2 Å². The molecule has 1 atom stereocenters. The van der Waals surface area contributed by atoms with Gasteiger partial charge in [-0.3, -0.25) is 4.98 Å². The van der Waals surface area contributed by atoms with Crippen LogP contribution in [0, 0.1) is 41.5 Å². The van der Waals surface area contributed by atoms with Crippen LogP contribution in [-0.4, -0.2) is 57.1 Å². The maximum Gasteiger partial charge on any atom is 0.413 e. The van der Waals surface area contributed by atoms with Crippen LogP contribution in [0.5, 0.6) is 0 Å². The number of hydrogen-bond acceptors (Lipinski definition) is 9. The summed E-state index contributed by atoms with van der Waals surface area (Å²) in [6.45, 7) is 11.1. The summed E-state index contributed by atoms with van der Waals surface area (Å²) in [5.74, 6) is 5.07. The number of benzene rings is 1. The van der Waals surface area contributed by atoms with Crippen molar-refractivity contribution < 1.29 is 26.0 Å². The smallest absolute Gasteiger partial charge is 0.383 e. The molecular weight excluding hydrogens is 660 g/mol. The molecule has 0 spiro atoms. The molecule has 1 aromatic carbocycles. The minimum Gasteiger partial charge on any atom is -0.383 e. The lowest BCUT2D eigenvalue weighted by Crippen LogP contribution is -2.35. The average Bonchev–Trinajstić information content (AvgIpc) is 3.68. The number of fused-ring (bicyclic) bond motifs is 1. The first-order chi connectivity index (χ1) is 22.7. The molecule has 2 N–H and O–H groups in total. The highest BCUT2D eigenvalue weighted by molar-refractivity contribution is 7.92. The number of alkyl halides is 3. The molecule has 0 bridgehead atoms. The van der Waals surface area contributed by atoms with Crippen molar-refractivity contribution in [3.05, 3.63) is 70.7 Å². The molecule has 1 fully saturated rings. The summed E-state index contributed by atoms with van der Waals surface area (Å²) in [5.41, 5.74) is 0.295. The molecule has 1 aliphatic rings. The summed E-state index contributed by atoms with van der Waals surface area (Å²) in [6.07, 6.45) is -1.08. The molecule has 1 aliphatic carbocycles. The largest absolute Gasteiger partial charge is 0.413 e. The second kappa shape index (κ2) is 12.3. The molecule has 0 amide bonds. The van der Waals surface area contributed by atoms with Crippen molar-refractivity contribution in [2.75, 3.05) is 23.4 Å². The van der Waals surface area contributed by atoms with Crippen molar-refractivity contribution in [1.29, 1.82) is 5.26 Å². The van der Waals surface area contributed by atoms with Crippen LogP contribution in [-0.2, 0) is 15.4 Å². The Morgan fingerprint density at radius 3 is 2.37 bits per heavy atom. The lowest BCUT2D eigenvalue weighted by molar-refractivity contribution is -0.182. The monoisotopic (exact) mass is 696 g/mol. The second-order valence-electron chi connectivity index (χ2n) is 14.0. The molecule has 0 aliphatic heterocycles. The van der Waals surface area contributed by atoms with Crippen molar-refractivity contribution in [3.8, 4) is 17.9 Å². The summed E-state index contributed by atoms with van der Waals surface area (Å²) in [5, 5.41) is 25.1. The molecule has 49 heavy (non-hydrogen) atoms. The first-order valence-corrected chi connectivity index (χ1v) is 17.3. The summed E-state index contributed by atoms with van der Waals surface area (Å²) in [7, 11) is -3.59. The molecule has 15 heteroatoms. The van der Waals surface area contributed by atoms with Gasteiger partial charge >= 0.3 is 6.18 Å². The van der Waals surface area contributed by atoms with Gasteiger partial charge in [0.05, 0.1) is 34.6 Å². The Hall–Kier alpha value is -4.76. The molecule has 1 saturated carbocycles. The predicted octanol–water partition coefficient (Wildman–Crippen LogP) is 6.43. The zero-order valence-corrected chi connectivity index (χ0v) is 28.9. The summed E-state index contributed by atoms with van der Waals surface area (Å²) in [6, 6.07) is 7.14. The molecule has 1 unspecified atom stereocenters. The van der Waals surface area contributed by atoms with Crippen LogP contribution in [0.2, 0.25) is 0 Å². The average molecular weight is 697 g/mol. The number of aromatic nitrogens is 5. The van der Waals surface area contributed by atoms with E-state index in [0.29, 0.717) is 39.9 Å². The topological polar surface area (TPSA) is 138 Å². The lowest BCUT2D eigenvalue weighted by atomic mass is 9.96. The van der Waals surface area contributed by atoms with Gasteiger partial charge in [-0.25, -0.2) is 18.1 Å². The number of halogens is 4. The number of anilines is 2. The highest BCUT2D eigenvalue weighted by atomic mass is 32.2. The first kappa shape index (κ1) is 35.5. The molecule has 0 saturated heterocycles. The number of sulfone groups is 1. The molecule has 3 heterocycles. The van der Waals surface area contributed by atoms with Crippen molar-refractivity contribution in [2.45, 2.75) is 76.9 Å². The van der Waals surface area contributed by atoms with Gasteiger partial charge in [-0.05, 0) is 57.2 Å². The van der Waals surface area contributed by atoms with E-state index in [1.165, 1.54) is 32.3 Å². The van der Waals surface area contributed by atoms with Crippen LogP contribution in [0.25, 0.3) is 10.9 Å². The van der Waals surface area contributed by atoms with Crippen LogP contribution in [0.4, 0.5) is 28.9 Å². The van der Waals surface area contributed by atoms with Gasteiger partial charge in [0.2, 0.25) is 5.95 Å². The van der Waals surface area contributed by atoms with E-state index < -0.39 is 38.3 Å². The van der Waals surface area contributed by atoms with Crippen LogP contribution in [0.1, 0.15) is 81.6 Å². The number of aryl methyl sites for hydroxylation is 1. The summed E-state index contributed by atoms with van der Waals surface area (Å²) >= 11 is 0. The van der Waals surface area contributed by atoms with E-state index in [2.05, 4.69) is 48.8 Å². The van der Waals surface area contributed by atoms with E-state index in [1.807, 2.05) is 20.8 Å². The van der Waals surface area contributed by atoms with Gasteiger partial charge in [0.1, 0.15) is 16.5 Å². The zero-order chi connectivity index (χ0) is 36.2. The fourth-order valence-electron chi connectivity index (χ4n) is 5.12. The van der Waals surface area contributed by atoms with E-state index in [0.717, 1.165) is 17.0 Å². The molecule has 3 aromatic heterocycles. The number of hydrogen-bond donors (Lipinski definition) is 2. The normalized spacial score (nSPS) is 15.2. The minimum absolute atomic E-state index is 0.118. The Morgan fingerprint density at radius 2 is 1.80 bits per heavy atom. The van der Waals surface area contributed by atoms with E-state index in [9.17, 15) is 31.2 Å². The van der Waals surface area contributed by atoms with Crippen LogP contribution in [0.3, 0.4) is 0 Å². The quantitative estimate of drug-likeness (QED) is 0.121. The maximum absolute atomic E-state index is 14.1. The van der Waals surface area contributed by atoms with E-state index in [1.54, 1.807) is 19.1 Å². The molecule has 5 rings (SSSR count). The Bertz CT molecular complexity index is 2150. The molecule has 258 valence electrons. The highest BCUT2D eigenvalue weighted by Crippen LogP contribution is 2.55. The van der Waals surface area contributed by atoms with Gasteiger partial charge in [-0.2, -0.15) is 22.8 Å². The lowest BCUT2D eigenvalue weighted by Gasteiger charge is -2.23. The summed E-state index contributed by atoms with van der Waals surface area (Å²) < 4.78 is 80.5. The third kappa shape index (κ3) is 7.17. The minimum atomic E-state index is -4.54. The van der Waals surface area contributed by atoms with Crippen LogP contribution >= 0.6 is 0 Å². The predicted molar refractivity (Wildman–Crippen MR) is 178 cm³/mol. The van der Waals surface area contributed by atoms with Gasteiger partial charge in [0.15, 0.2) is 15.4 Å². The zero-order valence-electron chi connectivity index (χ0n) is 28.1.